The lowest BCUT2D eigenvalue weighted by Crippen LogP contribution is -2.37. The molecule has 0 atom stereocenters. The van der Waals surface area contributed by atoms with E-state index >= 15 is 0 Å². The summed E-state index contributed by atoms with van der Waals surface area (Å²) in [5.74, 6) is 0.404. The molecular weight excluding hydrogens is 268 g/mol. The number of piperidine rings is 1. The first-order valence-electron chi connectivity index (χ1n) is 6.18. The van der Waals surface area contributed by atoms with Crippen LogP contribution in [0.3, 0.4) is 0 Å². The first-order valence-corrected chi connectivity index (χ1v) is 6.97. The molecule has 1 aromatic rings. The Morgan fingerprint density at radius 2 is 2.11 bits per heavy atom. The van der Waals surface area contributed by atoms with Crippen LogP contribution in [0.2, 0.25) is 5.15 Å². The van der Waals surface area contributed by atoms with E-state index in [1.807, 2.05) is 14.0 Å². The SMILES string of the molecule is Cc1nn(C)c(Cl)c1CN1CCC(C(N)=S)CC1. The molecule has 1 fully saturated rings. The Morgan fingerprint density at radius 1 is 1.50 bits per heavy atom. The Balaban J connectivity index is 1.97. The summed E-state index contributed by atoms with van der Waals surface area (Å²) in [6.07, 6.45) is 2.10. The van der Waals surface area contributed by atoms with E-state index in [-0.39, 0.29) is 0 Å². The molecule has 0 saturated carbocycles. The summed E-state index contributed by atoms with van der Waals surface area (Å²) in [6.45, 7) is 4.91. The molecule has 0 aliphatic carbocycles. The van der Waals surface area contributed by atoms with E-state index in [4.69, 9.17) is 29.6 Å². The van der Waals surface area contributed by atoms with Crippen LogP contribution in [0.15, 0.2) is 0 Å². The molecule has 2 N–H and O–H groups in total. The van der Waals surface area contributed by atoms with Crippen LogP contribution in [-0.2, 0) is 13.6 Å². The van der Waals surface area contributed by atoms with Gasteiger partial charge in [-0.25, -0.2) is 0 Å². The topological polar surface area (TPSA) is 47.1 Å². The van der Waals surface area contributed by atoms with Crippen LogP contribution in [-0.4, -0.2) is 32.8 Å². The van der Waals surface area contributed by atoms with E-state index in [1.165, 1.54) is 0 Å². The second-order valence-electron chi connectivity index (χ2n) is 4.93. The lowest BCUT2D eigenvalue weighted by molar-refractivity contribution is 0.202. The normalized spacial score (nSPS) is 18.2. The Kier molecular flexibility index (Phi) is 4.25. The summed E-state index contributed by atoms with van der Waals surface area (Å²) < 4.78 is 1.73. The van der Waals surface area contributed by atoms with Gasteiger partial charge >= 0.3 is 0 Å². The van der Waals surface area contributed by atoms with E-state index in [0.29, 0.717) is 10.9 Å². The van der Waals surface area contributed by atoms with Crippen LogP contribution in [0.25, 0.3) is 0 Å². The van der Waals surface area contributed by atoms with E-state index in [2.05, 4.69) is 10.00 Å². The minimum atomic E-state index is 0.404. The van der Waals surface area contributed by atoms with Gasteiger partial charge in [-0.3, -0.25) is 9.58 Å². The van der Waals surface area contributed by atoms with E-state index in [1.54, 1.807) is 4.68 Å². The highest BCUT2D eigenvalue weighted by atomic mass is 35.5. The van der Waals surface area contributed by atoms with Gasteiger partial charge in [0, 0.05) is 25.1 Å². The van der Waals surface area contributed by atoms with Gasteiger partial charge in [-0.1, -0.05) is 23.8 Å². The lowest BCUT2D eigenvalue weighted by Gasteiger charge is -2.31. The summed E-state index contributed by atoms with van der Waals surface area (Å²) >= 11 is 11.3. The van der Waals surface area contributed by atoms with Crippen molar-refractivity contribution >= 4 is 28.8 Å². The third-order valence-electron chi connectivity index (χ3n) is 3.64. The number of hydrogen-bond donors (Lipinski definition) is 1. The van der Waals surface area contributed by atoms with Crippen molar-refractivity contribution in [3.63, 3.8) is 0 Å². The molecule has 1 aromatic heterocycles. The van der Waals surface area contributed by atoms with E-state index in [9.17, 15) is 0 Å². The average molecular weight is 287 g/mol. The summed E-state index contributed by atoms with van der Waals surface area (Å²) in [5.41, 5.74) is 7.84. The molecule has 18 heavy (non-hydrogen) atoms. The van der Waals surface area contributed by atoms with Gasteiger partial charge in [0.1, 0.15) is 5.15 Å². The Hall–Kier alpha value is -0.650. The third kappa shape index (κ3) is 2.84. The molecule has 1 saturated heterocycles. The van der Waals surface area contributed by atoms with Crippen LogP contribution in [0, 0.1) is 12.8 Å². The van der Waals surface area contributed by atoms with Crippen molar-refractivity contribution in [2.75, 3.05) is 13.1 Å². The molecule has 0 aromatic carbocycles. The average Bonchev–Trinajstić information content (AvgIpc) is 2.57. The smallest absolute Gasteiger partial charge is 0.131 e. The Bertz CT molecular complexity index is 449. The maximum absolute atomic E-state index is 6.25. The Morgan fingerprint density at radius 3 is 2.56 bits per heavy atom. The standard InChI is InChI=1S/C12H19ClN4S/c1-8-10(11(13)16(2)15-8)7-17-5-3-9(4-6-17)12(14)18/h9H,3-7H2,1-2H3,(H2,14,18). The summed E-state index contributed by atoms with van der Waals surface area (Å²) in [4.78, 5) is 3.05. The number of thiocarbonyl (C=S) groups is 1. The number of aromatic nitrogens is 2. The fraction of sp³-hybridized carbons (Fsp3) is 0.667. The number of nitrogens with two attached hydrogens (primary N) is 1. The third-order valence-corrected chi connectivity index (χ3v) is 4.45. The van der Waals surface area contributed by atoms with Gasteiger partial charge in [-0.15, -0.1) is 0 Å². The Labute approximate surface area is 118 Å². The second kappa shape index (κ2) is 5.55. The molecule has 0 amide bonds. The summed E-state index contributed by atoms with van der Waals surface area (Å²) in [7, 11) is 1.87. The van der Waals surface area contributed by atoms with Gasteiger partial charge in [0.05, 0.1) is 10.7 Å². The molecule has 1 aliphatic heterocycles. The van der Waals surface area contributed by atoms with Crippen molar-refractivity contribution in [2.24, 2.45) is 18.7 Å². The van der Waals surface area contributed by atoms with Gasteiger partial charge in [0.25, 0.3) is 0 Å². The van der Waals surface area contributed by atoms with Crippen molar-refractivity contribution in [1.29, 1.82) is 0 Å². The van der Waals surface area contributed by atoms with Crippen LogP contribution in [0.1, 0.15) is 24.1 Å². The maximum Gasteiger partial charge on any atom is 0.131 e. The number of rotatable bonds is 3. The molecule has 0 unspecified atom stereocenters. The van der Waals surface area contributed by atoms with Gasteiger partial charge < -0.3 is 5.73 Å². The van der Waals surface area contributed by atoms with Gasteiger partial charge in [-0.05, 0) is 32.9 Å². The zero-order valence-corrected chi connectivity index (χ0v) is 12.4. The van der Waals surface area contributed by atoms with E-state index in [0.717, 1.165) is 48.9 Å². The first kappa shape index (κ1) is 13.8. The molecule has 0 radical (unpaired) electrons. The highest BCUT2D eigenvalue weighted by Crippen LogP contribution is 2.24. The van der Waals surface area contributed by atoms with Crippen molar-refractivity contribution < 1.29 is 0 Å². The number of hydrogen-bond acceptors (Lipinski definition) is 3. The summed E-state index contributed by atoms with van der Waals surface area (Å²) in [5, 5.41) is 5.08. The van der Waals surface area contributed by atoms with Crippen LogP contribution in [0.4, 0.5) is 0 Å². The molecule has 2 heterocycles. The van der Waals surface area contributed by atoms with Gasteiger partial charge in [-0.2, -0.15) is 5.10 Å². The van der Waals surface area contributed by atoms with Crippen molar-refractivity contribution in [1.82, 2.24) is 14.7 Å². The molecule has 0 bridgehead atoms. The van der Waals surface area contributed by atoms with Gasteiger partial charge in [0.15, 0.2) is 0 Å². The minimum absolute atomic E-state index is 0.404. The number of aryl methyl sites for hydroxylation is 2. The minimum Gasteiger partial charge on any atom is -0.393 e. The predicted molar refractivity (Wildman–Crippen MR) is 77.7 cm³/mol. The fourth-order valence-corrected chi connectivity index (χ4v) is 2.92. The second-order valence-corrected chi connectivity index (χ2v) is 5.76. The van der Waals surface area contributed by atoms with Crippen molar-refractivity contribution in [2.45, 2.75) is 26.3 Å². The van der Waals surface area contributed by atoms with Gasteiger partial charge in [0.2, 0.25) is 0 Å². The quantitative estimate of drug-likeness (QED) is 0.862. The molecular formula is C12H19ClN4S. The zero-order valence-electron chi connectivity index (χ0n) is 10.8. The molecule has 4 nitrogen and oxygen atoms in total. The van der Waals surface area contributed by atoms with Crippen molar-refractivity contribution in [3.8, 4) is 0 Å². The fourth-order valence-electron chi connectivity index (χ4n) is 2.45. The first-order chi connectivity index (χ1) is 8.49. The molecule has 0 spiro atoms. The molecule has 6 heteroatoms. The van der Waals surface area contributed by atoms with Crippen LogP contribution in [0.5, 0.6) is 0 Å². The number of likely N-dealkylation sites (tertiary alicyclic amines) is 1. The zero-order chi connectivity index (χ0) is 13.3. The highest BCUT2D eigenvalue weighted by Gasteiger charge is 2.23. The maximum atomic E-state index is 6.25. The predicted octanol–water partition coefficient (Wildman–Crippen LogP) is 1.88. The van der Waals surface area contributed by atoms with Crippen LogP contribution < -0.4 is 5.73 Å². The van der Waals surface area contributed by atoms with E-state index < -0.39 is 0 Å². The number of halogens is 1. The number of nitrogens with zero attached hydrogens (tertiary/aromatic N) is 3. The molecule has 2 rings (SSSR count). The summed E-state index contributed by atoms with van der Waals surface area (Å²) in [6, 6.07) is 0. The monoisotopic (exact) mass is 286 g/mol. The molecule has 100 valence electrons. The highest BCUT2D eigenvalue weighted by molar-refractivity contribution is 7.80. The van der Waals surface area contributed by atoms with Crippen molar-refractivity contribution in [3.05, 3.63) is 16.4 Å². The lowest BCUT2D eigenvalue weighted by atomic mass is 9.96. The molecule has 1 aliphatic rings. The van der Waals surface area contributed by atoms with Crippen LogP contribution >= 0.6 is 23.8 Å². The largest absolute Gasteiger partial charge is 0.393 e.